The minimum atomic E-state index is -0.149. The van der Waals surface area contributed by atoms with E-state index in [1.807, 2.05) is 68.4 Å². The standard InChI is InChI=1S/C20H26N2O3/c1-4-24-17-10-12-18(13-11-17)25-15-20(23)21-19(14-22(2)3)16-8-6-5-7-9-16/h5-13,19H,4,14-15H2,1-3H3,(H,21,23)/t19-/m0/s1. The summed E-state index contributed by atoms with van der Waals surface area (Å²) in [5, 5.41) is 3.04. The maximum absolute atomic E-state index is 12.3. The summed E-state index contributed by atoms with van der Waals surface area (Å²) in [6.45, 7) is 3.25. The van der Waals surface area contributed by atoms with E-state index in [0.717, 1.165) is 17.9 Å². The second kappa shape index (κ2) is 9.69. The summed E-state index contributed by atoms with van der Waals surface area (Å²) in [5.74, 6) is 1.28. The fourth-order valence-corrected chi connectivity index (χ4v) is 2.47. The number of hydrogen-bond donors (Lipinski definition) is 1. The molecule has 2 aromatic rings. The number of carbonyl (C=O) groups is 1. The first-order chi connectivity index (χ1) is 12.1. The van der Waals surface area contributed by atoms with Crippen LogP contribution in [0.1, 0.15) is 18.5 Å². The van der Waals surface area contributed by atoms with Gasteiger partial charge in [0.15, 0.2) is 6.61 Å². The molecule has 0 aliphatic carbocycles. The van der Waals surface area contributed by atoms with E-state index in [1.165, 1.54) is 0 Å². The van der Waals surface area contributed by atoms with Crippen molar-refractivity contribution in [2.75, 3.05) is 33.9 Å². The maximum Gasteiger partial charge on any atom is 0.258 e. The van der Waals surface area contributed by atoms with Crippen LogP contribution in [-0.4, -0.2) is 44.7 Å². The Bertz CT molecular complexity index is 642. The third-order valence-corrected chi connectivity index (χ3v) is 3.59. The van der Waals surface area contributed by atoms with Crippen molar-refractivity contribution >= 4 is 5.91 Å². The highest BCUT2D eigenvalue weighted by atomic mass is 16.5. The summed E-state index contributed by atoms with van der Waals surface area (Å²) in [7, 11) is 3.97. The van der Waals surface area contributed by atoms with Gasteiger partial charge < -0.3 is 19.7 Å². The molecule has 0 heterocycles. The molecule has 0 saturated carbocycles. The van der Waals surface area contributed by atoms with Gasteiger partial charge in [-0.3, -0.25) is 4.79 Å². The van der Waals surface area contributed by atoms with Crippen LogP contribution in [-0.2, 0) is 4.79 Å². The van der Waals surface area contributed by atoms with E-state index >= 15 is 0 Å². The molecule has 0 aliphatic heterocycles. The third-order valence-electron chi connectivity index (χ3n) is 3.59. The maximum atomic E-state index is 12.3. The first kappa shape index (κ1) is 18.8. The summed E-state index contributed by atoms with van der Waals surface area (Å²) >= 11 is 0. The Kier molecular flexibility index (Phi) is 7.29. The van der Waals surface area contributed by atoms with Crippen LogP contribution in [0.25, 0.3) is 0 Å². The Balaban J connectivity index is 1.90. The molecule has 0 bridgehead atoms. The van der Waals surface area contributed by atoms with Gasteiger partial charge in [-0.2, -0.15) is 0 Å². The van der Waals surface area contributed by atoms with Crippen LogP contribution in [0.15, 0.2) is 54.6 Å². The van der Waals surface area contributed by atoms with E-state index in [2.05, 4.69) is 5.32 Å². The van der Waals surface area contributed by atoms with Gasteiger partial charge in [0.1, 0.15) is 11.5 Å². The zero-order valence-corrected chi connectivity index (χ0v) is 15.1. The Hall–Kier alpha value is -2.53. The topological polar surface area (TPSA) is 50.8 Å². The van der Waals surface area contributed by atoms with Gasteiger partial charge in [0, 0.05) is 6.54 Å². The van der Waals surface area contributed by atoms with Crippen molar-refractivity contribution in [2.24, 2.45) is 0 Å². The lowest BCUT2D eigenvalue weighted by molar-refractivity contribution is -0.124. The molecule has 0 unspecified atom stereocenters. The first-order valence-electron chi connectivity index (χ1n) is 8.43. The van der Waals surface area contributed by atoms with Crippen LogP contribution in [0.2, 0.25) is 0 Å². The summed E-state index contributed by atoms with van der Waals surface area (Å²) in [4.78, 5) is 14.3. The molecule has 0 aromatic heterocycles. The van der Waals surface area contributed by atoms with Crippen LogP contribution >= 0.6 is 0 Å². The lowest BCUT2D eigenvalue weighted by Crippen LogP contribution is -2.37. The molecule has 1 N–H and O–H groups in total. The zero-order chi connectivity index (χ0) is 18.1. The SMILES string of the molecule is CCOc1ccc(OCC(=O)N[C@@H](CN(C)C)c2ccccc2)cc1. The van der Waals surface area contributed by atoms with Gasteiger partial charge in [0.25, 0.3) is 5.91 Å². The van der Waals surface area contributed by atoms with Crippen molar-refractivity contribution in [2.45, 2.75) is 13.0 Å². The van der Waals surface area contributed by atoms with E-state index < -0.39 is 0 Å². The van der Waals surface area contributed by atoms with E-state index in [0.29, 0.717) is 12.4 Å². The number of likely N-dealkylation sites (N-methyl/N-ethyl adjacent to an activating group) is 1. The molecule has 2 rings (SSSR count). The number of ether oxygens (including phenoxy) is 2. The number of nitrogens with zero attached hydrogens (tertiary/aromatic N) is 1. The quantitative estimate of drug-likeness (QED) is 0.761. The zero-order valence-electron chi connectivity index (χ0n) is 15.1. The molecule has 1 atom stereocenters. The average molecular weight is 342 g/mol. The number of amides is 1. The van der Waals surface area contributed by atoms with Crippen molar-refractivity contribution in [3.05, 3.63) is 60.2 Å². The molecule has 25 heavy (non-hydrogen) atoms. The van der Waals surface area contributed by atoms with E-state index in [9.17, 15) is 4.79 Å². The number of carbonyl (C=O) groups excluding carboxylic acids is 1. The molecule has 5 nitrogen and oxygen atoms in total. The van der Waals surface area contributed by atoms with Gasteiger partial charge in [-0.1, -0.05) is 30.3 Å². The van der Waals surface area contributed by atoms with Gasteiger partial charge in [-0.15, -0.1) is 0 Å². The molecule has 0 saturated heterocycles. The number of benzene rings is 2. The number of rotatable bonds is 9. The van der Waals surface area contributed by atoms with Crippen LogP contribution in [0.4, 0.5) is 0 Å². The van der Waals surface area contributed by atoms with Crippen LogP contribution in [0.5, 0.6) is 11.5 Å². The summed E-state index contributed by atoms with van der Waals surface area (Å²) in [6.07, 6.45) is 0. The lowest BCUT2D eigenvalue weighted by atomic mass is 10.1. The van der Waals surface area contributed by atoms with Crippen LogP contribution in [0, 0.1) is 0 Å². The van der Waals surface area contributed by atoms with Gasteiger partial charge in [-0.05, 0) is 50.8 Å². The van der Waals surface area contributed by atoms with Crippen molar-refractivity contribution in [1.29, 1.82) is 0 Å². The highest BCUT2D eigenvalue weighted by Gasteiger charge is 2.15. The van der Waals surface area contributed by atoms with Crippen molar-refractivity contribution in [1.82, 2.24) is 10.2 Å². The predicted octanol–water partition coefficient (Wildman–Crippen LogP) is 2.88. The van der Waals surface area contributed by atoms with E-state index in [-0.39, 0.29) is 18.6 Å². The van der Waals surface area contributed by atoms with Gasteiger partial charge in [0.2, 0.25) is 0 Å². The van der Waals surface area contributed by atoms with Gasteiger partial charge in [-0.25, -0.2) is 0 Å². The summed E-state index contributed by atoms with van der Waals surface area (Å²) < 4.78 is 10.9. The van der Waals surface area contributed by atoms with E-state index in [1.54, 1.807) is 12.1 Å². The highest BCUT2D eigenvalue weighted by molar-refractivity contribution is 5.78. The number of nitrogens with one attached hydrogen (secondary N) is 1. The Morgan fingerprint density at radius 2 is 1.60 bits per heavy atom. The minimum Gasteiger partial charge on any atom is -0.494 e. The predicted molar refractivity (Wildman–Crippen MR) is 99.0 cm³/mol. The lowest BCUT2D eigenvalue weighted by Gasteiger charge is -2.23. The normalized spacial score (nSPS) is 11.8. The van der Waals surface area contributed by atoms with Gasteiger partial charge >= 0.3 is 0 Å². The monoisotopic (exact) mass is 342 g/mol. The van der Waals surface area contributed by atoms with Crippen molar-refractivity contribution in [3.63, 3.8) is 0 Å². The molecule has 0 fully saturated rings. The molecule has 134 valence electrons. The molecular weight excluding hydrogens is 316 g/mol. The second-order valence-electron chi connectivity index (χ2n) is 5.99. The summed E-state index contributed by atoms with van der Waals surface area (Å²) in [6, 6.07) is 17.1. The van der Waals surface area contributed by atoms with Crippen LogP contribution < -0.4 is 14.8 Å². The van der Waals surface area contributed by atoms with Crippen molar-refractivity contribution < 1.29 is 14.3 Å². The largest absolute Gasteiger partial charge is 0.494 e. The first-order valence-corrected chi connectivity index (χ1v) is 8.43. The fourth-order valence-electron chi connectivity index (χ4n) is 2.47. The smallest absolute Gasteiger partial charge is 0.258 e. The molecule has 0 spiro atoms. The molecular formula is C20H26N2O3. The third kappa shape index (κ3) is 6.47. The van der Waals surface area contributed by atoms with Crippen molar-refractivity contribution in [3.8, 4) is 11.5 Å². The second-order valence-corrected chi connectivity index (χ2v) is 5.99. The van der Waals surface area contributed by atoms with E-state index in [4.69, 9.17) is 9.47 Å². The van der Waals surface area contributed by atoms with Crippen LogP contribution in [0.3, 0.4) is 0 Å². The molecule has 0 aliphatic rings. The Morgan fingerprint density at radius 3 is 2.16 bits per heavy atom. The average Bonchev–Trinajstić information content (AvgIpc) is 2.61. The minimum absolute atomic E-state index is 0.0231. The Morgan fingerprint density at radius 1 is 1.00 bits per heavy atom. The Labute approximate surface area is 149 Å². The molecule has 2 aromatic carbocycles. The highest BCUT2D eigenvalue weighted by Crippen LogP contribution is 2.18. The molecule has 0 radical (unpaired) electrons. The molecule has 5 heteroatoms. The molecule has 1 amide bonds. The number of hydrogen-bond acceptors (Lipinski definition) is 4. The van der Waals surface area contributed by atoms with Gasteiger partial charge in [0.05, 0.1) is 12.6 Å². The fraction of sp³-hybridized carbons (Fsp3) is 0.350. The summed E-state index contributed by atoms with van der Waals surface area (Å²) in [5.41, 5.74) is 1.07.